The predicted octanol–water partition coefficient (Wildman–Crippen LogP) is 5.60. The first-order valence-corrected chi connectivity index (χ1v) is 10.5. The molecule has 2 aromatic carbocycles. The van der Waals surface area contributed by atoms with Crippen LogP contribution >= 0.6 is 35.0 Å². The van der Waals surface area contributed by atoms with Gasteiger partial charge >= 0.3 is 0 Å². The van der Waals surface area contributed by atoms with Gasteiger partial charge in [0, 0.05) is 36.7 Å². The summed E-state index contributed by atoms with van der Waals surface area (Å²) in [5.41, 5.74) is 3.52. The highest BCUT2D eigenvalue weighted by Crippen LogP contribution is 2.31. The first kappa shape index (κ1) is 21.6. The number of amides is 2. The fourth-order valence-corrected chi connectivity index (χ4v) is 4.18. The number of hydrogen-bond donors (Lipinski definition) is 2. The van der Waals surface area contributed by atoms with Gasteiger partial charge in [0.15, 0.2) is 0 Å². The Balaban J connectivity index is 1.80. The third-order valence-corrected chi connectivity index (χ3v) is 6.03. The molecule has 2 N–H and O–H groups in total. The minimum Gasteiger partial charge on any atom is -0.326 e. The fourth-order valence-electron chi connectivity index (χ4n) is 2.42. The van der Waals surface area contributed by atoms with Crippen molar-refractivity contribution in [3.63, 3.8) is 0 Å². The molecule has 0 aliphatic heterocycles. The van der Waals surface area contributed by atoms with E-state index in [1.165, 1.54) is 13.8 Å². The molecule has 0 heterocycles. The number of benzene rings is 2. The highest BCUT2D eigenvalue weighted by Gasteiger charge is 2.12. The maximum Gasteiger partial charge on any atom is 0.221 e. The van der Waals surface area contributed by atoms with Crippen molar-refractivity contribution in [1.29, 1.82) is 0 Å². The second kappa shape index (κ2) is 10.6. The summed E-state index contributed by atoms with van der Waals surface area (Å²) in [5.74, 6) is 1.26. The van der Waals surface area contributed by atoms with Gasteiger partial charge in [-0.05, 0) is 35.4 Å². The zero-order valence-electron chi connectivity index (χ0n) is 15.2. The zero-order chi connectivity index (χ0) is 19.8. The number of hydrogen-bond acceptors (Lipinski definition) is 3. The largest absolute Gasteiger partial charge is 0.326 e. The van der Waals surface area contributed by atoms with Gasteiger partial charge in [-0.15, -0.1) is 23.2 Å². The molecule has 0 spiro atoms. The average Bonchev–Trinajstić information content (AvgIpc) is 2.61. The zero-order valence-corrected chi connectivity index (χ0v) is 17.5. The number of carbonyl (C=O) groups excluding carboxylic acids is 2. The normalized spacial score (nSPS) is 12.9. The third kappa shape index (κ3) is 7.45. The lowest BCUT2D eigenvalue weighted by atomic mass is 10.1. The van der Waals surface area contributed by atoms with E-state index in [1.807, 2.05) is 48.5 Å². The van der Waals surface area contributed by atoms with Gasteiger partial charge in [0.25, 0.3) is 0 Å². The number of carbonyl (C=O) groups is 2. The van der Waals surface area contributed by atoms with Crippen molar-refractivity contribution in [2.24, 2.45) is 0 Å². The van der Waals surface area contributed by atoms with Crippen LogP contribution in [0.3, 0.4) is 0 Å². The fraction of sp³-hybridized carbons (Fsp3) is 0.300. The molecule has 2 atom stereocenters. The van der Waals surface area contributed by atoms with Crippen molar-refractivity contribution in [3.8, 4) is 0 Å². The molecule has 0 aromatic heterocycles. The summed E-state index contributed by atoms with van der Waals surface area (Å²) >= 11 is 14.6. The quantitative estimate of drug-likeness (QED) is 0.542. The van der Waals surface area contributed by atoms with E-state index in [1.54, 1.807) is 11.8 Å². The first-order chi connectivity index (χ1) is 12.8. The summed E-state index contributed by atoms with van der Waals surface area (Å²) in [6, 6.07) is 15.1. The second-order valence-corrected chi connectivity index (χ2v) is 8.21. The molecule has 2 rings (SSSR count). The lowest BCUT2D eigenvalue weighted by Crippen LogP contribution is -2.06. The summed E-state index contributed by atoms with van der Waals surface area (Å²) in [7, 11) is 0. The van der Waals surface area contributed by atoms with E-state index in [0.717, 1.165) is 34.0 Å². The minimum atomic E-state index is -0.132. The van der Waals surface area contributed by atoms with Crippen LogP contribution in [0.2, 0.25) is 0 Å². The standard InChI is InChI=1S/C20H22Cl2N2O2S/c1-13(25)23-17-7-3-15(4-8-17)19(21)11-27-12-20(22)16-5-9-18(10-6-16)24-14(2)26/h3-10,19-20H,11-12H2,1-2H3,(H,23,25)(H,24,26). The van der Waals surface area contributed by atoms with Crippen LogP contribution in [0.5, 0.6) is 0 Å². The number of alkyl halides is 2. The highest BCUT2D eigenvalue weighted by atomic mass is 35.5. The molecule has 0 saturated carbocycles. The number of nitrogens with one attached hydrogen (secondary N) is 2. The molecule has 0 radical (unpaired) electrons. The Kier molecular flexibility index (Phi) is 8.48. The summed E-state index contributed by atoms with van der Waals surface area (Å²) in [6.45, 7) is 2.95. The van der Waals surface area contributed by atoms with Crippen molar-refractivity contribution in [2.75, 3.05) is 22.1 Å². The minimum absolute atomic E-state index is 0.0982. The van der Waals surface area contributed by atoms with Crippen molar-refractivity contribution >= 4 is 58.2 Å². The Morgan fingerprint density at radius 1 is 0.778 bits per heavy atom. The van der Waals surface area contributed by atoms with E-state index >= 15 is 0 Å². The van der Waals surface area contributed by atoms with Crippen LogP contribution in [0, 0.1) is 0 Å². The summed E-state index contributed by atoms with van der Waals surface area (Å²) in [4.78, 5) is 22.1. The van der Waals surface area contributed by atoms with Gasteiger partial charge in [0.1, 0.15) is 0 Å². The van der Waals surface area contributed by atoms with Crippen LogP contribution in [-0.4, -0.2) is 23.3 Å². The molecule has 2 amide bonds. The lowest BCUT2D eigenvalue weighted by Gasteiger charge is -2.13. The van der Waals surface area contributed by atoms with Gasteiger partial charge < -0.3 is 10.6 Å². The predicted molar refractivity (Wildman–Crippen MR) is 116 cm³/mol. The molecular formula is C20H22Cl2N2O2S. The first-order valence-electron chi connectivity index (χ1n) is 8.46. The van der Waals surface area contributed by atoms with Crippen molar-refractivity contribution in [2.45, 2.75) is 24.6 Å². The summed E-state index contributed by atoms with van der Waals surface area (Å²) in [5, 5.41) is 5.20. The summed E-state index contributed by atoms with van der Waals surface area (Å²) < 4.78 is 0. The maximum atomic E-state index is 11.0. The molecule has 2 unspecified atom stereocenters. The van der Waals surface area contributed by atoms with Crippen molar-refractivity contribution in [3.05, 3.63) is 59.7 Å². The van der Waals surface area contributed by atoms with Crippen LogP contribution < -0.4 is 10.6 Å². The molecule has 0 fully saturated rings. The van der Waals surface area contributed by atoms with Crippen LogP contribution in [0.4, 0.5) is 11.4 Å². The monoisotopic (exact) mass is 424 g/mol. The molecule has 2 aromatic rings. The van der Waals surface area contributed by atoms with Gasteiger partial charge in [-0.25, -0.2) is 0 Å². The van der Waals surface area contributed by atoms with E-state index in [-0.39, 0.29) is 22.6 Å². The van der Waals surface area contributed by atoms with Gasteiger partial charge in [0.05, 0.1) is 10.8 Å². The van der Waals surface area contributed by atoms with Crippen LogP contribution in [0.15, 0.2) is 48.5 Å². The van der Waals surface area contributed by atoms with E-state index in [0.29, 0.717) is 0 Å². The molecular weight excluding hydrogens is 403 g/mol. The number of thioether (sulfide) groups is 1. The lowest BCUT2D eigenvalue weighted by molar-refractivity contribution is -0.115. The van der Waals surface area contributed by atoms with Gasteiger partial charge in [-0.2, -0.15) is 11.8 Å². The highest BCUT2D eigenvalue weighted by molar-refractivity contribution is 7.99. The Morgan fingerprint density at radius 3 is 1.41 bits per heavy atom. The molecule has 27 heavy (non-hydrogen) atoms. The van der Waals surface area contributed by atoms with Crippen LogP contribution in [0.25, 0.3) is 0 Å². The van der Waals surface area contributed by atoms with E-state index in [4.69, 9.17) is 23.2 Å². The average molecular weight is 425 g/mol. The number of rotatable bonds is 8. The molecule has 0 aliphatic rings. The third-order valence-electron chi connectivity index (χ3n) is 3.71. The van der Waals surface area contributed by atoms with Crippen molar-refractivity contribution < 1.29 is 9.59 Å². The van der Waals surface area contributed by atoms with Crippen LogP contribution in [0.1, 0.15) is 35.7 Å². The van der Waals surface area contributed by atoms with E-state index in [2.05, 4.69) is 10.6 Å². The number of halogens is 2. The molecule has 7 heteroatoms. The van der Waals surface area contributed by atoms with Gasteiger partial charge in [-0.1, -0.05) is 24.3 Å². The van der Waals surface area contributed by atoms with Gasteiger partial charge in [-0.3, -0.25) is 9.59 Å². The molecule has 0 saturated heterocycles. The number of anilines is 2. The van der Waals surface area contributed by atoms with E-state index in [9.17, 15) is 9.59 Å². The van der Waals surface area contributed by atoms with E-state index < -0.39 is 0 Å². The molecule has 144 valence electrons. The van der Waals surface area contributed by atoms with Crippen LogP contribution in [-0.2, 0) is 9.59 Å². The SMILES string of the molecule is CC(=O)Nc1ccc(C(Cl)CSCC(Cl)c2ccc(NC(C)=O)cc2)cc1. The maximum absolute atomic E-state index is 11.0. The van der Waals surface area contributed by atoms with Crippen molar-refractivity contribution in [1.82, 2.24) is 0 Å². The Morgan fingerprint density at radius 2 is 1.11 bits per heavy atom. The summed E-state index contributed by atoms with van der Waals surface area (Å²) in [6.07, 6.45) is 0. The molecule has 0 aliphatic carbocycles. The van der Waals surface area contributed by atoms with Gasteiger partial charge in [0.2, 0.25) is 11.8 Å². The Bertz CT molecular complexity index is 701. The second-order valence-electron chi connectivity index (χ2n) is 6.08. The smallest absolute Gasteiger partial charge is 0.221 e. The Hall–Kier alpha value is -1.69. The topological polar surface area (TPSA) is 58.2 Å². The Labute approximate surface area is 174 Å². The molecule has 4 nitrogen and oxygen atoms in total. The molecule has 0 bridgehead atoms.